The van der Waals surface area contributed by atoms with E-state index in [1.807, 2.05) is 13.0 Å². The van der Waals surface area contributed by atoms with Crippen molar-refractivity contribution in [3.8, 4) is 17.2 Å². The monoisotopic (exact) mass is 343 g/mol. The first-order chi connectivity index (χ1) is 12.0. The maximum absolute atomic E-state index is 12.3. The van der Waals surface area contributed by atoms with Gasteiger partial charge in [0.15, 0.2) is 0 Å². The summed E-state index contributed by atoms with van der Waals surface area (Å²) in [7, 11) is 4.55. The molecule has 0 saturated heterocycles. The number of ketones is 1. The fourth-order valence-corrected chi connectivity index (χ4v) is 2.34. The Kier molecular flexibility index (Phi) is 6.00. The number of carbonyl (C=O) groups is 2. The highest BCUT2D eigenvalue weighted by atomic mass is 16.5. The first kappa shape index (κ1) is 18.3. The molecule has 0 atom stereocenters. The number of ether oxygens (including phenoxy) is 3. The van der Waals surface area contributed by atoms with Gasteiger partial charge in [0, 0.05) is 18.1 Å². The summed E-state index contributed by atoms with van der Waals surface area (Å²) >= 11 is 0. The normalized spacial score (nSPS) is 10.1. The second-order valence-electron chi connectivity index (χ2n) is 5.44. The summed E-state index contributed by atoms with van der Waals surface area (Å²) in [6.07, 6.45) is -0.0762. The summed E-state index contributed by atoms with van der Waals surface area (Å²) in [6, 6.07) is 10.4. The number of Topliss-reactive ketones (excluding diaryl/α,β-unsaturated/α-hetero) is 1. The molecule has 2 aromatic carbocycles. The minimum atomic E-state index is -0.708. The average Bonchev–Trinajstić information content (AvgIpc) is 2.63. The number of rotatable bonds is 7. The second kappa shape index (κ2) is 8.19. The number of hydrogen-bond acceptors (Lipinski definition) is 5. The number of nitrogens with one attached hydrogen (secondary N) is 1. The first-order valence-corrected chi connectivity index (χ1v) is 7.68. The van der Waals surface area contributed by atoms with Crippen LogP contribution in [0.3, 0.4) is 0 Å². The molecule has 2 aromatic rings. The van der Waals surface area contributed by atoms with Gasteiger partial charge in [-0.05, 0) is 30.7 Å². The van der Waals surface area contributed by atoms with Gasteiger partial charge in [-0.3, -0.25) is 9.59 Å². The molecule has 0 unspecified atom stereocenters. The van der Waals surface area contributed by atoms with Crippen LogP contribution in [0.4, 0.5) is 5.69 Å². The van der Waals surface area contributed by atoms with E-state index in [0.717, 1.165) is 5.56 Å². The van der Waals surface area contributed by atoms with Gasteiger partial charge in [0.1, 0.15) is 17.2 Å². The number of benzene rings is 2. The highest BCUT2D eigenvalue weighted by Crippen LogP contribution is 2.27. The topological polar surface area (TPSA) is 73.9 Å². The van der Waals surface area contributed by atoms with Crippen LogP contribution < -0.4 is 19.5 Å². The van der Waals surface area contributed by atoms with Crippen molar-refractivity contribution in [3.63, 3.8) is 0 Å². The van der Waals surface area contributed by atoms with Gasteiger partial charge in [-0.25, -0.2) is 0 Å². The number of anilines is 1. The van der Waals surface area contributed by atoms with Gasteiger partial charge in [0.2, 0.25) is 5.78 Å². The number of aryl methyl sites for hydroxylation is 1. The molecule has 6 nitrogen and oxygen atoms in total. The molecule has 1 amide bonds. The van der Waals surface area contributed by atoms with E-state index < -0.39 is 11.7 Å². The highest BCUT2D eigenvalue weighted by molar-refractivity contribution is 6.41. The molecule has 0 aromatic heterocycles. The van der Waals surface area contributed by atoms with E-state index >= 15 is 0 Å². The molecule has 0 aliphatic heterocycles. The number of hydrogen-bond donors (Lipinski definition) is 1. The molecule has 0 aliphatic carbocycles. The summed E-state index contributed by atoms with van der Waals surface area (Å²) < 4.78 is 15.6. The van der Waals surface area contributed by atoms with Crippen molar-refractivity contribution in [1.29, 1.82) is 0 Å². The standard InChI is InChI=1S/C19H21NO5/c1-12-5-8-15(18(9-12)25-4)20-19(22)16(21)10-13-6-7-14(23-2)11-17(13)24-3/h5-9,11H,10H2,1-4H3,(H,20,22). The van der Waals surface area contributed by atoms with Crippen molar-refractivity contribution >= 4 is 17.4 Å². The van der Waals surface area contributed by atoms with E-state index in [4.69, 9.17) is 14.2 Å². The second-order valence-corrected chi connectivity index (χ2v) is 5.44. The van der Waals surface area contributed by atoms with Crippen molar-refractivity contribution < 1.29 is 23.8 Å². The predicted molar refractivity (Wildman–Crippen MR) is 94.6 cm³/mol. The van der Waals surface area contributed by atoms with Crippen molar-refractivity contribution in [2.75, 3.05) is 26.6 Å². The van der Waals surface area contributed by atoms with Gasteiger partial charge in [-0.15, -0.1) is 0 Å². The third-order valence-electron chi connectivity index (χ3n) is 3.70. The average molecular weight is 343 g/mol. The Hall–Kier alpha value is -3.02. The first-order valence-electron chi connectivity index (χ1n) is 7.68. The summed E-state index contributed by atoms with van der Waals surface area (Å²) in [5.74, 6) is 0.324. The third kappa shape index (κ3) is 4.50. The molecule has 0 saturated carbocycles. The Bertz CT molecular complexity index is 785. The third-order valence-corrected chi connectivity index (χ3v) is 3.70. The number of carbonyl (C=O) groups excluding carboxylic acids is 2. The van der Waals surface area contributed by atoms with Crippen LogP contribution in [0.25, 0.3) is 0 Å². The Labute approximate surface area is 146 Å². The van der Waals surface area contributed by atoms with Crippen LogP contribution in [0.15, 0.2) is 36.4 Å². The molecular formula is C19H21NO5. The Morgan fingerprint density at radius 1 is 0.920 bits per heavy atom. The van der Waals surface area contributed by atoms with Crippen LogP contribution in [0.5, 0.6) is 17.2 Å². The van der Waals surface area contributed by atoms with Gasteiger partial charge in [0.05, 0.1) is 27.0 Å². The minimum Gasteiger partial charge on any atom is -0.497 e. The van der Waals surface area contributed by atoms with Gasteiger partial charge >= 0.3 is 0 Å². The van der Waals surface area contributed by atoms with Crippen molar-refractivity contribution in [3.05, 3.63) is 47.5 Å². The van der Waals surface area contributed by atoms with E-state index in [-0.39, 0.29) is 6.42 Å². The molecule has 25 heavy (non-hydrogen) atoms. The zero-order chi connectivity index (χ0) is 18.4. The summed E-state index contributed by atoms with van der Waals surface area (Å²) in [6.45, 7) is 1.91. The van der Waals surface area contributed by atoms with Crippen LogP contribution in [-0.2, 0) is 16.0 Å². The molecule has 0 aliphatic rings. The molecule has 0 heterocycles. The fourth-order valence-electron chi connectivity index (χ4n) is 2.34. The molecule has 0 bridgehead atoms. The molecule has 2 rings (SSSR count). The van der Waals surface area contributed by atoms with Gasteiger partial charge < -0.3 is 19.5 Å². The maximum atomic E-state index is 12.3. The van der Waals surface area contributed by atoms with Gasteiger partial charge in [0.25, 0.3) is 5.91 Å². The van der Waals surface area contributed by atoms with E-state index in [9.17, 15) is 9.59 Å². The number of methoxy groups -OCH3 is 3. The van der Waals surface area contributed by atoms with E-state index in [2.05, 4.69) is 5.32 Å². The predicted octanol–water partition coefficient (Wildman–Crippen LogP) is 2.77. The quantitative estimate of drug-likeness (QED) is 0.783. The van der Waals surface area contributed by atoms with Crippen LogP contribution in [0, 0.1) is 6.92 Å². The van der Waals surface area contributed by atoms with Crippen LogP contribution in [0.2, 0.25) is 0 Å². The van der Waals surface area contributed by atoms with Gasteiger partial charge in [-0.2, -0.15) is 0 Å². The highest BCUT2D eigenvalue weighted by Gasteiger charge is 2.18. The molecule has 6 heteroatoms. The lowest BCUT2D eigenvalue weighted by Crippen LogP contribution is -2.24. The zero-order valence-corrected chi connectivity index (χ0v) is 14.7. The lowest BCUT2D eigenvalue weighted by Gasteiger charge is -2.12. The Balaban J connectivity index is 2.12. The molecule has 132 valence electrons. The zero-order valence-electron chi connectivity index (χ0n) is 14.7. The van der Waals surface area contributed by atoms with E-state index in [1.165, 1.54) is 14.2 Å². The van der Waals surface area contributed by atoms with Crippen molar-refractivity contribution in [2.24, 2.45) is 0 Å². The lowest BCUT2D eigenvalue weighted by atomic mass is 10.1. The van der Waals surface area contributed by atoms with Crippen molar-refractivity contribution in [1.82, 2.24) is 0 Å². The molecular weight excluding hydrogens is 322 g/mol. The molecule has 1 N–H and O–H groups in total. The van der Waals surface area contributed by atoms with Crippen molar-refractivity contribution in [2.45, 2.75) is 13.3 Å². The molecule has 0 spiro atoms. The van der Waals surface area contributed by atoms with Crippen LogP contribution >= 0.6 is 0 Å². The van der Waals surface area contributed by atoms with Crippen LogP contribution in [0.1, 0.15) is 11.1 Å². The van der Waals surface area contributed by atoms with E-state index in [0.29, 0.717) is 28.5 Å². The van der Waals surface area contributed by atoms with Crippen LogP contribution in [-0.4, -0.2) is 33.0 Å². The smallest absolute Gasteiger partial charge is 0.292 e. The van der Waals surface area contributed by atoms with E-state index in [1.54, 1.807) is 37.4 Å². The minimum absolute atomic E-state index is 0.0762. The molecule has 0 radical (unpaired) electrons. The van der Waals surface area contributed by atoms with Gasteiger partial charge in [-0.1, -0.05) is 12.1 Å². The number of amides is 1. The summed E-state index contributed by atoms with van der Waals surface area (Å²) in [5, 5.41) is 2.59. The maximum Gasteiger partial charge on any atom is 0.292 e. The Morgan fingerprint density at radius 2 is 1.64 bits per heavy atom. The lowest BCUT2D eigenvalue weighted by molar-refractivity contribution is -0.134. The SMILES string of the molecule is COc1ccc(CC(=O)C(=O)Nc2ccc(C)cc2OC)c(OC)c1. The largest absolute Gasteiger partial charge is 0.497 e. The summed E-state index contributed by atoms with van der Waals surface area (Å²) in [5.41, 5.74) is 2.05. The Morgan fingerprint density at radius 3 is 2.28 bits per heavy atom. The molecule has 0 fully saturated rings. The summed E-state index contributed by atoms with van der Waals surface area (Å²) in [4.78, 5) is 24.5. The fraction of sp³-hybridized carbons (Fsp3) is 0.263.